The second-order valence-corrected chi connectivity index (χ2v) is 6.01. The number of thioether (sulfide) groups is 1. The molecule has 1 rings (SSSR count). The monoisotopic (exact) mass is 311 g/mol. The van der Waals surface area contributed by atoms with Crippen molar-refractivity contribution in [1.82, 2.24) is 4.90 Å². The van der Waals surface area contributed by atoms with Crippen LogP contribution in [0.15, 0.2) is 24.3 Å². The molecule has 4 nitrogen and oxygen atoms in total. The molecule has 0 aliphatic heterocycles. The number of carbonyl (C=O) groups excluding carboxylic acids is 1. The van der Waals surface area contributed by atoms with E-state index >= 15 is 0 Å². The van der Waals surface area contributed by atoms with Crippen LogP contribution in [0.25, 0.3) is 0 Å². The average Bonchev–Trinajstić information content (AvgIpc) is 2.44. The lowest BCUT2D eigenvalue weighted by Gasteiger charge is -2.23. The summed E-state index contributed by atoms with van der Waals surface area (Å²) in [6.45, 7) is 2.79. The average molecular weight is 311 g/mol. The molecule has 0 radical (unpaired) electrons. The van der Waals surface area contributed by atoms with Gasteiger partial charge in [-0.1, -0.05) is 12.2 Å². The third-order valence-corrected chi connectivity index (χ3v) is 3.95. The maximum atomic E-state index is 12.1. The summed E-state index contributed by atoms with van der Waals surface area (Å²) in [6, 6.07) is 7.06. The van der Waals surface area contributed by atoms with E-state index in [1.807, 2.05) is 18.9 Å². The number of hydrogen-bond acceptors (Lipinski definition) is 4. The minimum Gasteiger partial charge on any atom is -0.389 e. The first kappa shape index (κ1) is 16.9. The molecule has 1 unspecified atom stereocenters. The maximum Gasteiger partial charge on any atom is 0.241 e. The molecule has 0 saturated carbocycles. The van der Waals surface area contributed by atoms with Crippen molar-refractivity contribution in [2.24, 2.45) is 5.73 Å². The van der Waals surface area contributed by atoms with Gasteiger partial charge in [-0.3, -0.25) is 9.69 Å². The molecule has 0 aliphatic carbocycles. The second kappa shape index (κ2) is 8.24. The first-order valence-electron chi connectivity index (χ1n) is 6.35. The van der Waals surface area contributed by atoms with Crippen LogP contribution in [-0.4, -0.2) is 47.4 Å². The van der Waals surface area contributed by atoms with Gasteiger partial charge in [0, 0.05) is 23.5 Å². The van der Waals surface area contributed by atoms with Crippen molar-refractivity contribution in [1.29, 1.82) is 0 Å². The molecule has 0 spiro atoms. The molecule has 0 saturated heterocycles. The van der Waals surface area contributed by atoms with Crippen LogP contribution in [0.2, 0.25) is 0 Å². The van der Waals surface area contributed by atoms with E-state index in [4.69, 9.17) is 18.0 Å². The number of anilines is 1. The first-order valence-corrected chi connectivity index (χ1v) is 8.15. The van der Waals surface area contributed by atoms with Crippen molar-refractivity contribution in [3.05, 3.63) is 29.8 Å². The van der Waals surface area contributed by atoms with Gasteiger partial charge in [0.25, 0.3) is 0 Å². The quantitative estimate of drug-likeness (QED) is 0.754. The van der Waals surface area contributed by atoms with Crippen molar-refractivity contribution >= 4 is 40.6 Å². The van der Waals surface area contributed by atoms with E-state index in [0.717, 1.165) is 23.5 Å². The molecule has 1 aromatic carbocycles. The Hall–Kier alpha value is -1.11. The minimum absolute atomic E-state index is 0.0170. The van der Waals surface area contributed by atoms with Crippen LogP contribution in [0, 0.1) is 0 Å². The fourth-order valence-corrected chi connectivity index (χ4v) is 2.20. The summed E-state index contributed by atoms with van der Waals surface area (Å²) in [7, 11) is 1.95. The topological polar surface area (TPSA) is 58.4 Å². The lowest BCUT2D eigenvalue weighted by Crippen LogP contribution is -2.40. The Kier molecular flexibility index (Phi) is 6.98. The van der Waals surface area contributed by atoms with Crippen molar-refractivity contribution in [3.8, 4) is 0 Å². The smallest absolute Gasteiger partial charge is 0.241 e. The Morgan fingerprint density at radius 1 is 1.45 bits per heavy atom. The molecular formula is C14H21N3OS2. The molecule has 3 N–H and O–H groups in total. The molecule has 110 valence electrons. The summed E-state index contributed by atoms with van der Waals surface area (Å²) in [6.07, 6.45) is 2.06. The van der Waals surface area contributed by atoms with Gasteiger partial charge in [0.2, 0.25) is 5.91 Å². The summed E-state index contributed by atoms with van der Waals surface area (Å²) in [5.41, 5.74) is 7.08. The number of carbonyl (C=O) groups is 1. The van der Waals surface area contributed by atoms with Crippen molar-refractivity contribution < 1.29 is 4.79 Å². The third-order valence-electron chi connectivity index (χ3n) is 3.13. The van der Waals surface area contributed by atoms with Gasteiger partial charge in [0.05, 0.1) is 6.04 Å². The van der Waals surface area contributed by atoms with E-state index in [-0.39, 0.29) is 11.9 Å². The molecule has 0 fully saturated rings. The van der Waals surface area contributed by atoms with Gasteiger partial charge in [0.15, 0.2) is 0 Å². The van der Waals surface area contributed by atoms with E-state index in [0.29, 0.717) is 4.99 Å². The standard InChI is InChI=1S/C14H21N3OS2/c1-10(17(2)8-9-20-3)14(18)16-12-6-4-11(5-7-12)13(15)19/h4-7,10H,8-9H2,1-3H3,(H2,15,19)(H,16,18). The Bertz CT molecular complexity index is 462. The molecule has 1 aromatic rings. The fraction of sp³-hybridized carbons (Fsp3) is 0.429. The van der Waals surface area contributed by atoms with Gasteiger partial charge in [-0.2, -0.15) is 11.8 Å². The lowest BCUT2D eigenvalue weighted by atomic mass is 10.2. The Morgan fingerprint density at radius 3 is 2.55 bits per heavy atom. The Labute approximate surface area is 130 Å². The number of amides is 1. The number of nitrogens with one attached hydrogen (secondary N) is 1. The molecule has 0 aromatic heterocycles. The summed E-state index contributed by atoms with van der Waals surface area (Å²) in [5, 5.41) is 2.89. The number of nitrogens with zero attached hydrogens (tertiary/aromatic N) is 1. The predicted octanol–water partition coefficient (Wildman–Crippen LogP) is 1.94. The maximum absolute atomic E-state index is 12.1. The molecule has 0 bridgehead atoms. The second-order valence-electron chi connectivity index (χ2n) is 4.58. The van der Waals surface area contributed by atoms with E-state index in [9.17, 15) is 4.79 Å². The summed E-state index contributed by atoms with van der Waals surface area (Å²) < 4.78 is 0. The Morgan fingerprint density at radius 2 is 2.05 bits per heavy atom. The van der Waals surface area contributed by atoms with Crippen molar-refractivity contribution in [2.45, 2.75) is 13.0 Å². The fourth-order valence-electron chi connectivity index (χ4n) is 1.59. The zero-order chi connectivity index (χ0) is 15.1. The van der Waals surface area contributed by atoms with E-state index < -0.39 is 0 Å². The third kappa shape index (κ3) is 5.11. The van der Waals surface area contributed by atoms with E-state index in [1.54, 1.807) is 36.0 Å². The summed E-state index contributed by atoms with van der Waals surface area (Å²) in [5.74, 6) is 0.994. The van der Waals surface area contributed by atoms with Crippen LogP contribution in [0.3, 0.4) is 0 Å². The van der Waals surface area contributed by atoms with Crippen molar-refractivity contribution in [3.63, 3.8) is 0 Å². The minimum atomic E-state index is -0.169. The number of hydrogen-bond donors (Lipinski definition) is 2. The number of thiocarbonyl (C=S) groups is 1. The number of rotatable bonds is 7. The molecule has 0 heterocycles. The first-order chi connectivity index (χ1) is 9.45. The zero-order valence-corrected chi connectivity index (χ0v) is 13.7. The molecule has 1 amide bonds. The molecule has 1 atom stereocenters. The number of likely N-dealkylation sites (N-methyl/N-ethyl adjacent to an activating group) is 1. The summed E-state index contributed by atoms with van der Waals surface area (Å²) in [4.78, 5) is 14.5. The number of benzene rings is 1. The Balaban J connectivity index is 2.58. The predicted molar refractivity (Wildman–Crippen MR) is 91.4 cm³/mol. The van der Waals surface area contributed by atoms with Crippen LogP contribution in [-0.2, 0) is 4.79 Å². The molecule has 0 aliphatic rings. The largest absolute Gasteiger partial charge is 0.389 e. The van der Waals surface area contributed by atoms with Gasteiger partial charge in [-0.15, -0.1) is 0 Å². The van der Waals surface area contributed by atoms with Gasteiger partial charge < -0.3 is 11.1 Å². The van der Waals surface area contributed by atoms with Gasteiger partial charge in [0.1, 0.15) is 4.99 Å². The SMILES string of the molecule is CSCCN(C)C(C)C(=O)Nc1ccc(C(N)=S)cc1. The lowest BCUT2D eigenvalue weighted by molar-refractivity contribution is -0.120. The number of nitrogens with two attached hydrogens (primary N) is 1. The van der Waals surface area contributed by atoms with E-state index in [2.05, 4.69) is 11.6 Å². The van der Waals surface area contributed by atoms with Gasteiger partial charge >= 0.3 is 0 Å². The van der Waals surface area contributed by atoms with Crippen LogP contribution in [0.4, 0.5) is 5.69 Å². The highest BCUT2D eigenvalue weighted by Gasteiger charge is 2.17. The highest BCUT2D eigenvalue weighted by atomic mass is 32.2. The normalized spacial score (nSPS) is 12.2. The van der Waals surface area contributed by atoms with Gasteiger partial charge in [-0.05, 0) is 44.5 Å². The molecule has 6 heteroatoms. The highest BCUT2D eigenvalue weighted by molar-refractivity contribution is 7.98. The van der Waals surface area contributed by atoms with Crippen molar-refractivity contribution in [2.75, 3.05) is 30.9 Å². The zero-order valence-electron chi connectivity index (χ0n) is 12.1. The summed E-state index contributed by atoms with van der Waals surface area (Å²) >= 11 is 6.66. The molecule has 20 heavy (non-hydrogen) atoms. The van der Waals surface area contributed by atoms with Crippen LogP contribution < -0.4 is 11.1 Å². The van der Waals surface area contributed by atoms with Crippen LogP contribution in [0.5, 0.6) is 0 Å². The van der Waals surface area contributed by atoms with Crippen LogP contribution >= 0.6 is 24.0 Å². The van der Waals surface area contributed by atoms with Crippen LogP contribution in [0.1, 0.15) is 12.5 Å². The van der Waals surface area contributed by atoms with E-state index in [1.165, 1.54) is 0 Å². The molecular weight excluding hydrogens is 290 g/mol. The highest BCUT2D eigenvalue weighted by Crippen LogP contribution is 2.11. The van der Waals surface area contributed by atoms with Gasteiger partial charge in [-0.25, -0.2) is 0 Å².